The van der Waals surface area contributed by atoms with Crippen LogP contribution < -0.4 is 5.32 Å². The molecular weight excluding hydrogens is 357 g/mol. The summed E-state index contributed by atoms with van der Waals surface area (Å²) in [7, 11) is 0. The monoisotopic (exact) mass is 380 g/mol. The van der Waals surface area contributed by atoms with Gasteiger partial charge in [-0.1, -0.05) is 0 Å². The molecule has 1 unspecified atom stereocenters. The van der Waals surface area contributed by atoms with Crippen LogP contribution in [0.4, 0.5) is 13.2 Å². The molecule has 142 valence electrons. The van der Waals surface area contributed by atoms with Gasteiger partial charge in [0, 0.05) is 25.8 Å². The molecule has 1 aromatic heterocycles. The Bertz CT molecular complexity index is 568. The minimum absolute atomic E-state index is 0. The van der Waals surface area contributed by atoms with Crippen molar-refractivity contribution < 1.29 is 18.0 Å². The third-order valence-electron chi connectivity index (χ3n) is 4.60. The maximum Gasteiger partial charge on any atom is 0.390 e. The molecule has 5 nitrogen and oxygen atoms in total. The average Bonchev–Trinajstić information content (AvgIpc) is 3.23. The van der Waals surface area contributed by atoms with Crippen LogP contribution in [0.15, 0.2) is 12.3 Å². The molecule has 0 bridgehead atoms. The molecule has 1 saturated heterocycles. The van der Waals surface area contributed by atoms with Crippen molar-refractivity contribution in [2.75, 3.05) is 26.2 Å². The van der Waals surface area contributed by atoms with Gasteiger partial charge in [-0.05, 0) is 44.2 Å². The predicted molar refractivity (Wildman–Crippen MR) is 89.9 cm³/mol. The number of hydrogen-bond acceptors (Lipinski definition) is 3. The van der Waals surface area contributed by atoms with Gasteiger partial charge in [-0.25, -0.2) is 0 Å². The minimum atomic E-state index is -4.25. The highest BCUT2D eigenvalue weighted by atomic mass is 35.5. The Balaban J connectivity index is 0.00000225. The van der Waals surface area contributed by atoms with Crippen molar-refractivity contribution >= 4 is 18.3 Å². The van der Waals surface area contributed by atoms with Crippen LogP contribution in [-0.2, 0) is 0 Å². The molecule has 1 aromatic rings. The van der Waals surface area contributed by atoms with E-state index in [1.54, 1.807) is 16.9 Å². The Kier molecular flexibility index (Phi) is 6.73. The van der Waals surface area contributed by atoms with Crippen LogP contribution in [-0.4, -0.2) is 52.9 Å². The summed E-state index contributed by atoms with van der Waals surface area (Å²) < 4.78 is 39.3. The van der Waals surface area contributed by atoms with E-state index >= 15 is 0 Å². The van der Waals surface area contributed by atoms with Crippen molar-refractivity contribution in [1.29, 1.82) is 0 Å². The number of aromatic nitrogens is 2. The van der Waals surface area contributed by atoms with E-state index in [0.29, 0.717) is 12.5 Å². The number of halogens is 4. The summed E-state index contributed by atoms with van der Waals surface area (Å²) in [6.07, 6.45) is 0.531. The third kappa shape index (κ3) is 5.88. The smallest absolute Gasteiger partial charge is 0.337 e. The molecule has 1 aliphatic heterocycles. The lowest BCUT2D eigenvalue weighted by Crippen LogP contribution is -2.36. The van der Waals surface area contributed by atoms with E-state index in [1.165, 1.54) is 4.90 Å². The Morgan fingerprint density at radius 3 is 2.72 bits per heavy atom. The highest BCUT2D eigenvalue weighted by molar-refractivity contribution is 5.92. The Hall–Kier alpha value is -1.28. The number of rotatable bonds is 6. The van der Waals surface area contributed by atoms with E-state index in [0.717, 1.165) is 38.8 Å². The summed E-state index contributed by atoms with van der Waals surface area (Å²) >= 11 is 0. The first-order chi connectivity index (χ1) is 11.4. The van der Waals surface area contributed by atoms with Crippen LogP contribution in [0.1, 0.15) is 48.6 Å². The number of alkyl halides is 3. The van der Waals surface area contributed by atoms with Gasteiger partial charge in [0.15, 0.2) is 0 Å². The number of hydrogen-bond donors (Lipinski definition) is 1. The van der Waals surface area contributed by atoms with Crippen LogP contribution in [0.25, 0.3) is 0 Å². The Labute approximate surface area is 151 Å². The Morgan fingerprint density at radius 1 is 1.36 bits per heavy atom. The zero-order valence-corrected chi connectivity index (χ0v) is 14.8. The number of piperidine rings is 1. The molecule has 1 saturated carbocycles. The molecule has 1 atom stereocenters. The Morgan fingerprint density at radius 2 is 2.12 bits per heavy atom. The lowest BCUT2D eigenvalue weighted by Gasteiger charge is -2.24. The van der Waals surface area contributed by atoms with Crippen LogP contribution >= 0.6 is 12.4 Å². The average molecular weight is 381 g/mol. The van der Waals surface area contributed by atoms with E-state index < -0.39 is 18.5 Å². The molecular formula is C16H24ClF3N4O. The maximum absolute atomic E-state index is 12.6. The first kappa shape index (κ1) is 20.0. The van der Waals surface area contributed by atoms with Crippen molar-refractivity contribution in [2.45, 2.75) is 44.3 Å². The normalized spacial score (nSPS) is 20.8. The fourth-order valence-corrected chi connectivity index (χ4v) is 3.03. The molecule has 0 spiro atoms. The van der Waals surface area contributed by atoms with Gasteiger partial charge in [-0.3, -0.25) is 9.48 Å². The van der Waals surface area contributed by atoms with Gasteiger partial charge in [-0.2, -0.15) is 18.3 Å². The second-order valence-corrected chi connectivity index (χ2v) is 6.74. The summed E-state index contributed by atoms with van der Waals surface area (Å²) in [4.78, 5) is 13.9. The fourth-order valence-electron chi connectivity index (χ4n) is 3.03. The molecule has 0 aromatic carbocycles. The zero-order valence-electron chi connectivity index (χ0n) is 14.0. The van der Waals surface area contributed by atoms with Gasteiger partial charge in [0.2, 0.25) is 0 Å². The molecule has 0 radical (unpaired) electrons. The van der Waals surface area contributed by atoms with Gasteiger partial charge in [0.05, 0.1) is 12.5 Å². The predicted octanol–water partition coefficient (Wildman–Crippen LogP) is 3.03. The molecule has 1 N–H and O–H groups in total. The number of nitrogens with one attached hydrogen (secondary N) is 1. The zero-order chi connectivity index (χ0) is 17.2. The van der Waals surface area contributed by atoms with Gasteiger partial charge in [0.1, 0.15) is 5.69 Å². The highest BCUT2D eigenvalue weighted by Gasteiger charge is 2.33. The second kappa shape index (κ2) is 8.40. The maximum atomic E-state index is 12.6. The van der Waals surface area contributed by atoms with E-state index in [4.69, 9.17) is 0 Å². The van der Waals surface area contributed by atoms with Gasteiger partial charge in [-0.15, -0.1) is 12.4 Å². The number of amides is 1. The van der Waals surface area contributed by atoms with Gasteiger partial charge < -0.3 is 10.2 Å². The molecule has 1 amide bonds. The van der Waals surface area contributed by atoms with Crippen molar-refractivity contribution in [3.8, 4) is 0 Å². The van der Waals surface area contributed by atoms with Crippen molar-refractivity contribution in [1.82, 2.24) is 20.0 Å². The third-order valence-corrected chi connectivity index (χ3v) is 4.60. The summed E-state index contributed by atoms with van der Waals surface area (Å²) in [6, 6.07) is 1.82. The highest BCUT2D eigenvalue weighted by Crippen LogP contribution is 2.31. The summed E-state index contributed by atoms with van der Waals surface area (Å²) in [5.41, 5.74) is 0.239. The quantitative estimate of drug-likeness (QED) is 0.825. The lowest BCUT2D eigenvalue weighted by atomic mass is 10.1. The second-order valence-electron chi connectivity index (χ2n) is 6.74. The molecule has 2 fully saturated rings. The van der Waals surface area contributed by atoms with Gasteiger partial charge >= 0.3 is 6.18 Å². The standard InChI is InChI=1S/C16H23F3N4O.ClH/c17-16(18,19)6-9-22(11-12-3-4-12)15(24)14-5-8-23(21-14)13-2-1-7-20-10-13;/h5,8,12-13,20H,1-4,6-7,9-11H2;1H. The van der Waals surface area contributed by atoms with E-state index in [1.807, 2.05) is 0 Å². The summed E-state index contributed by atoms with van der Waals surface area (Å²) in [5.74, 6) is -0.0551. The first-order valence-corrected chi connectivity index (χ1v) is 8.54. The van der Waals surface area contributed by atoms with E-state index in [9.17, 15) is 18.0 Å². The molecule has 25 heavy (non-hydrogen) atoms. The largest absolute Gasteiger partial charge is 0.390 e. The van der Waals surface area contributed by atoms with Crippen LogP contribution in [0.3, 0.4) is 0 Å². The molecule has 1 aliphatic carbocycles. The van der Waals surface area contributed by atoms with Crippen molar-refractivity contribution in [3.05, 3.63) is 18.0 Å². The van der Waals surface area contributed by atoms with Gasteiger partial charge in [0.25, 0.3) is 5.91 Å². The number of carbonyl (C=O) groups excluding carboxylic acids is 1. The molecule has 3 rings (SSSR count). The number of carbonyl (C=O) groups is 1. The minimum Gasteiger partial charge on any atom is -0.337 e. The van der Waals surface area contributed by atoms with E-state index in [-0.39, 0.29) is 30.7 Å². The fraction of sp³-hybridized carbons (Fsp3) is 0.750. The summed E-state index contributed by atoms with van der Waals surface area (Å²) in [6.45, 7) is 1.88. The van der Waals surface area contributed by atoms with Crippen molar-refractivity contribution in [3.63, 3.8) is 0 Å². The lowest BCUT2D eigenvalue weighted by molar-refractivity contribution is -0.136. The van der Waals surface area contributed by atoms with Crippen LogP contribution in [0, 0.1) is 5.92 Å². The van der Waals surface area contributed by atoms with E-state index in [2.05, 4.69) is 10.4 Å². The van der Waals surface area contributed by atoms with Crippen molar-refractivity contribution in [2.24, 2.45) is 5.92 Å². The SMILES string of the molecule is Cl.O=C(c1ccn(C2CCCNC2)n1)N(CCC(F)(F)F)CC1CC1. The topological polar surface area (TPSA) is 50.2 Å². The summed E-state index contributed by atoms with van der Waals surface area (Å²) in [5, 5.41) is 7.62. The molecule has 2 heterocycles. The molecule has 9 heteroatoms. The number of nitrogens with zero attached hydrogens (tertiary/aromatic N) is 3. The van der Waals surface area contributed by atoms with Crippen LogP contribution in [0.2, 0.25) is 0 Å². The van der Waals surface area contributed by atoms with Crippen LogP contribution in [0.5, 0.6) is 0 Å². The molecule has 2 aliphatic rings. The first-order valence-electron chi connectivity index (χ1n) is 8.54.